The number of carbonyl (C=O) groups is 1. The van der Waals surface area contributed by atoms with Gasteiger partial charge < -0.3 is 14.8 Å². The number of carbonyl (C=O) groups excluding carboxylic acids is 1. The van der Waals surface area contributed by atoms with Gasteiger partial charge in [-0.1, -0.05) is 12.1 Å². The number of aliphatic carboxylic acids is 1. The first-order chi connectivity index (χ1) is 9.17. The second-order valence-corrected chi connectivity index (χ2v) is 5.01. The summed E-state index contributed by atoms with van der Waals surface area (Å²) in [6.45, 7) is 1.52. The fraction of sp³-hybridized carbons (Fsp3) is 0.500. The summed E-state index contributed by atoms with van der Waals surface area (Å²) in [6, 6.07) is 8.07. The normalized spacial score (nSPS) is 9.90. The average Bonchev–Trinajstić information content (AvgIpc) is 2.39. The molecule has 0 spiro atoms. The van der Waals surface area contributed by atoms with Crippen molar-refractivity contribution in [2.45, 2.75) is 19.3 Å². The van der Waals surface area contributed by atoms with Crippen LogP contribution in [-0.4, -0.2) is 30.8 Å². The summed E-state index contributed by atoms with van der Waals surface area (Å²) in [5, 5.41) is 10.3. The minimum atomic E-state index is -0.993. The van der Waals surface area contributed by atoms with Crippen LogP contribution in [-0.2, 0) is 11.2 Å². The van der Waals surface area contributed by atoms with Crippen molar-refractivity contribution in [2.75, 3.05) is 29.7 Å². The van der Waals surface area contributed by atoms with Crippen LogP contribution in [0.4, 0.5) is 5.69 Å². The Hall–Kier alpha value is 0.0700. The molecule has 0 amide bonds. The maximum Gasteiger partial charge on any atom is 1.00 e. The molecule has 0 radical (unpaired) electrons. The molecule has 106 valence electrons. The van der Waals surface area contributed by atoms with E-state index in [2.05, 4.69) is 4.90 Å². The summed E-state index contributed by atoms with van der Waals surface area (Å²) in [6.07, 6.45) is 1.46. The van der Waals surface area contributed by atoms with Gasteiger partial charge in [0.1, 0.15) is 0 Å². The van der Waals surface area contributed by atoms with E-state index in [4.69, 9.17) is 23.2 Å². The maximum absolute atomic E-state index is 10.3. The number of benzene rings is 1. The quantitative estimate of drug-likeness (QED) is 0.434. The van der Waals surface area contributed by atoms with Gasteiger partial charge in [-0.25, -0.2) is 0 Å². The topological polar surface area (TPSA) is 43.4 Å². The number of carboxylic acids is 1. The summed E-state index contributed by atoms with van der Waals surface area (Å²) in [5.41, 5.74) is 2.21. The largest absolute Gasteiger partial charge is 1.00 e. The van der Waals surface area contributed by atoms with Gasteiger partial charge in [0, 0.05) is 36.5 Å². The number of rotatable bonds is 9. The number of carboxylic acid groups (broad SMARTS) is 1. The monoisotopic (exact) mass is 325 g/mol. The van der Waals surface area contributed by atoms with Gasteiger partial charge in [-0.05, 0) is 37.0 Å². The number of nitrogens with zero attached hydrogens (tertiary/aromatic N) is 1. The van der Waals surface area contributed by atoms with Crippen molar-refractivity contribution in [2.24, 2.45) is 0 Å². The average molecular weight is 326 g/mol. The molecule has 0 aliphatic heterocycles. The first-order valence-corrected chi connectivity index (χ1v) is 7.40. The third kappa shape index (κ3) is 7.75. The predicted molar refractivity (Wildman–Crippen MR) is 78.0 cm³/mol. The zero-order valence-corrected chi connectivity index (χ0v) is 15.3. The molecule has 0 aliphatic rings. The van der Waals surface area contributed by atoms with E-state index in [-0.39, 0.29) is 36.0 Å². The van der Waals surface area contributed by atoms with Crippen molar-refractivity contribution in [1.29, 1.82) is 0 Å². The SMILES string of the molecule is O=C([O-])CCCc1ccc(N(CCCl)CCCl)cc1.[Na+]. The third-order valence-corrected chi connectivity index (χ3v) is 3.19. The van der Waals surface area contributed by atoms with E-state index in [1.165, 1.54) is 0 Å². The molecule has 0 aromatic heterocycles. The summed E-state index contributed by atoms with van der Waals surface area (Å²) < 4.78 is 0. The van der Waals surface area contributed by atoms with Gasteiger partial charge >= 0.3 is 29.6 Å². The molecular weight excluding hydrogens is 308 g/mol. The Morgan fingerprint density at radius 1 is 1.10 bits per heavy atom. The Morgan fingerprint density at radius 2 is 1.65 bits per heavy atom. The fourth-order valence-electron chi connectivity index (χ4n) is 1.88. The number of anilines is 1. The van der Waals surface area contributed by atoms with Crippen molar-refractivity contribution in [3.05, 3.63) is 29.8 Å². The van der Waals surface area contributed by atoms with Crippen LogP contribution in [0.15, 0.2) is 24.3 Å². The number of aryl methyl sites for hydroxylation is 1. The van der Waals surface area contributed by atoms with Gasteiger partial charge in [-0.15, -0.1) is 23.2 Å². The molecule has 0 unspecified atom stereocenters. The number of alkyl halides is 2. The van der Waals surface area contributed by atoms with Crippen molar-refractivity contribution in [3.63, 3.8) is 0 Å². The molecule has 0 saturated heterocycles. The fourth-order valence-corrected chi connectivity index (χ4v) is 2.29. The van der Waals surface area contributed by atoms with E-state index in [0.29, 0.717) is 18.2 Å². The number of halogens is 2. The Balaban J connectivity index is 0.00000361. The standard InChI is InChI=1S/C14H19Cl2NO2.Na/c15-8-10-17(11-9-16)13-6-4-12(5-7-13)2-1-3-14(18)19;/h4-7H,1-3,8-11H2,(H,18,19);/q;+1/p-1. The molecule has 1 rings (SSSR count). The summed E-state index contributed by atoms with van der Waals surface area (Å²) >= 11 is 11.5. The van der Waals surface area contributed by atoms with Gasteiger partial charge in [0.05, 0.1) is 0 Å². The molecule has 3 nitrogen and oxygen atoms in total. The van der Waals surface area contributed by atoms with E-state index in [1.54, 1.807) is 0 Å². The summed E-state index contributed by atoms with van der Waals surface area (Å²) in [4.78, 5) is 12.5. The van der Waals surface area contributed by atoms with Crippen molar-refractivity contribution in [1.82, 2.24) is 0 Å². The minimum absolute atomic E-state index is 0. The maximum atomic E-state index is 10.3. The molecular formula is C14H18Cl2NNaO2. The zero-order chi connectivity index (χ0) is 14.1. The van der Waals surface area contributed by atoms with Gasteiger partial charge in [-0.2, -0.15) is 0 Å². The van der Waals surface area contributed by atoms with E-state index in [9.17, 15) is 9.90 Å². The van der Waals surface area contributed by atoms with Gasteiger partial charge in [0.2, 0.25) is 0 Å². The first kappa shape index (κ1) is 20.1. The molecule has 0 bridgehead atoms. The second-order valence-electron chi connectivity index (χ2n) is 4.26. The first-order valence-electron chi connectivity index (χ1n) is 6.33. The van der Waals surface area contributed by atoms with Crippen molar-refractivity contribution < 1.29 is 39.5 Å². The second kappa shape index (κ2) is 11.7. The van der Waals surface area contributed by atoms with Crippen LogP contribution in [0.2, 0.25) is 0 Å². The molecule has 0 atom stereocenters. The Kier molecular flexibility index (Phi) is 11.7. The molecule has 0 N–H and O–H groups in total. The molecule has 1 aromatic carbocycles. The van der Waals surface area contributed by atoms with Crippen molar-refractivity contribution >= 4 is 34.9 Å². The van der Waals surface area contributed by atoms with Crippen LogP contribution in [0, 0.1) is 0 Å². The number of hydrogen-bond donors (Lipinski definition) is 0. The van der Waals surface area contributed by atoms with Gasteiger partial charge in [-0.3, -0.25) is 0 Å². The molecule has 0 saturated carbocycles. The summed E-state index contributed by atoms with van der Waals surface area (Å²) in [5.74, 6) is 0.126. The van der Waals surface area contributed by atoms with E-state index < -0.39 is 5.97 Å². The Morgan fingerprint density at radius 3 is 2.10 bits per heavy atom. The van der Waals surface area contributed by atoms with Gasteiger partial charge in [0.15, 0.2) is 0 Å². The van der Waals surface area contributed by atoms with Crippen molar-refractivity contribution in [3.8, 4) is 0 Å². The van der Waals surface area contributed by atoms with E-state index in [1.807, 2.05) is 24.3 Å². The van der Waals surface area contributed by atoms with Crippen LogP contribution in [0.3, 0.4) is 0 Å². The third-order valence-electron chi connectivity index (χ3n) is 2.86. The number of hydrogen-bond acceptors (Lipinski definition) is 3. The molecule has 20 heavy (non-hydrogen) atoms. The van der Waals surface area contributed by atoms with Gasteiger partial charge in [0.25, 0.3) is 0 Å². The molecule has 1 aromatic rings. The summed E-state index contributed by atoms with van der Waals surface area (Å²) in [7, 11) is 0. The van der Waals surface area contributed by atoms with Crippen LogP contribution in [0.1, 0.15) is 18.4 Å². The Labute approximate surface area is 152 Å². The smallest absolute Gasteiger partial charge is 0.550 e. The van der Waals surface area contributed by atoms with E-state index >= 15 is 0 Å². The molecule has 0 aliphatic carbocycles. The Bertz CT molecular complexity index is 381. The van der Waals surface area contributed by atoms with E-state index in [0.717, 1.165) is 30.8 Å². The molecule has 0 fully saturated rings. The predicted octanol–water partition coefficient (Wildman–Crippen LogP) is -0.953. The molecule has 6 heteroatoms. The minimum Gasteiger partial charge on any atom is -0.550 e. The molecule has 0 heterocycles. The van der Waals surface area contributed by atoms with Crippen LogP contribution in [0.25, 0.3) is 0 Å². The van der Waals surface area contributed by atoms with Crippen LogP contribution in [0.5, 0.6) is 0 Å². The zero-order valence-electron chi connectivity index (χ0n) is 11.8. The van der Waals surface area contributed by atoms with Crippen LogP contribution >= 0.6 is 23.2 Å². The van der Waals surface area contributed by atoms with Crippen LogP contribution < -0.4 is 39.6 Å².